The van der Waals surface area contributed by atoms with Gasteiger partial charge in [-0.05, 0) is 0 Å². The van der Waals surface area contributed by atoms with E-state index in [1.807, 2.05) is 0 Å². The minimum atomic E-state index is -1.34. The second-order valence-corrected chi connectivity index (χ2v) is 3.40. The first-order valence-corrected chi connectivity index (χ1v) is 4.44. The first-order valence-electron chi connectivity index (χ1n) is 5.02. The van der Waals surface area contributed by atoms with Gasteiger partial charge in [-0.1, -0.05) is 13.8 Å². The van der Waals surface area contributed by atoms with Gasteiger partial charge in [0.2, 0.25) is 0 Å². The smallest absolute Gasteiger partial charge is 0.308 e. The van der Waals surface area contributed by atoms with Crippen molar-refractivity contribution in [3.63, 3.8) is 0 Å². The highest BCUT2D eigenvalue weighted by Crippen LogP contribution is 2.17. The van der Waals surface area contributed by atoms with Crippen LogP contribution in [0.2, 0.25) is 0 Å². The standard InChI is InChI=1S/C9H16O4/c1-6(2)9(11)13-7-3-4-12-8(7)5-10/h6-8,10H,3-5H2,1-2H3/i5D/t5-,7?,8?/m0/s1. The Morgan fingerprint density at radius 2 is 2.54 bits per heavy atom. The molecule has 0 spiro atoms. The quantitative estimate of drug-likeness (QED) is 0.650. The Morgan fingerprint density at radius 3 is 3.08 bits per heavy atom. The molecular weight excluding hydrogens is 172 g/mol. The highest BCUT2D eigenvalue weighted by atomic mass is 16.6. The minimum Gasteiger partial charge on any atom is -0.459 e. The molecule has 1 aliphatic rings. The Balaban J connectivity index is 2.47. The van der Waals surface area contributed by atoms with Crippen molar-refractivity contribution in [2.24, 2.45) is 5.92 Å². The van der Waals surface area contributed by atoms with Crippen molar-refractivity contribution in [2.45, 2.75) is 32.5 Å². The fraction of sp³-hybridized carbons (Fsp3) is 0.889. The number of hydrogen-bond donors (Lipinski definition) is 1. The predicted octanol–water partition coefficient (Wildman–Crippen LogP) is 0.335. The van der Waals surface area contributed by atoms with Gasteiger partial charge in [0.25, 0.3) is 0 Å². The van der Waals surface area contributed by atoms with Crippen LogP contribution in [0.15, 0.2) is 0 Å². The molecule has 1 rings (SSSR count). The first kappa shape index (κ1) is 8.97. The molecular formula is C9H16O4. The maximum atomic E-state index is 11.2. The topological polar surface area (TPSA) is 55.8 Å². The number of aliphatic hydroxyl groups is 1. The van der Waals surface area contributed by atoms with Gasteiger partial charge in [0.15, 0.2) is 0 Å². The van der Waals surface area contributed by atoms with Crippen molar-refractivity contribution >= 4 is 5.97 Å². The van der Waals surface area contributed by atoms with Crippen LogP contribution in [0.5, 0.6) is 0 Å². The third kappa shape index (κ3) is 2.67. The SMILES string of the molecule is [2H][C@H](O)C1OCCC1OC(=O)C(C)C. The van der Waals surface area contributed by atoms with Crippen LogP contribution in [0, 0.1) is 5.92 Å². The maximum absolute atomic E-state index is 11.2. The molecule has 4 heteroatoms. The lowest BCUT2D eigenvalue weighted by Gasteiger charge is -2.17. The number of rotatable bonds is 3. The lowest BCUT2D eigenvalue weighted by molar-refractivity contribution is -0.156. The molecule has 0 aliphatic carbocycles. The van der Waals surface area contributed by atoms with Gasteiger partial charge in [-0.15, -0.1) is 0 Å². The molecule has 13 heavy (non-hydrogen) atoms. The van der Waals surface area contributed by atoms with Crippen LogP contribution in [-0.2, 0) is 14.3 Å². The number of aliphatic hydroxyl groups excluding tert-OH is 1. The van der Waals surface area contributed by atoms with Crippen LogP contribution < -0.4 is 0 Å². The summed E-state index contributed by atoms with van der Waals surface area (Å²) in [6.45, 7) is 2.56. The van der Waals surface area contributed by atoms with E-state index in [9.17, 15) is 4.79 Å². The molecule has 1 saturated heterocycles. The number of carbonyl (C=O) groups excluding carboxylic acids is 1. The van der Waals surface area contributed by atoms with E-state index in [0.29, 0.717) is 13.0 Å². The van der Waals surface area contributed by atoms with Crippen molar-refractivity contribution in [3.8, 4) is 0 Å². The van der Waals surface area contributed by atoms with Crippen LogP contribution in [0.25, 0.3) is 0 Å². The Bertz CT molecular complexity index is 205. The average Bonchev–Trinajstić information content (AvgIpc) is 2.52. The summed E-state index contributed by atoms with van der Waals surface area (Å²) in [6, 6.07) is 0. The van der Waals surface area contributed by atoms with Gasteiger partial charge in [-0.3, -0.25) is 4.79 Å². The fourth-order valence-electron chi connectivity index (χ4n) is 1.14. The molecule has 0 saturated carbocycles. The molecule has 0 bridgehead atoms. The van der Waals surface area contributed by atoms with Crippen molar-refractivity contribution < 1.29 is 20.7 Å². The summed E-state index contributed by atoms with van der Waals surface area (Å²) >= 11 is 0. The van der Waals surface area contributed by atoms with Crippen LogP contribution in [-0.4, -0.2) is 36.5 Å². The Hall–Kier alpha value is -0.610. The third-order valence-corrected chi connectivity index (χ3v) is 1.96. The Labute approximate surface area is 79.2 Å². The summed E-state index contributed by atoms with van der Waals surface area (Å²) in [5.41, 5.74) is 0. The van der Waals surface area contributed by atoms with E-state index >= 15 is 0 Å². The van der Waals surface area contributed by atoms with E-state index in [-0.39, 0.29) is 11.9 Å². The summed E-state index contributed by atoms with van der Waals surface area (Å²) in [7, 11) is 0. The van der Waals surface area contributed by atoms with Crippen LogP contribution in [0.3, 0.4) is 0 Å². The van der Waals surface area contributed by atoms with E-state index in [0.717, 1.165) is 0 Å². The van der Waals surface area contributed by atoms with Crippen molar-refractivity contribution in [2.75, 3.05) is 13.2 Å². The summed E-state index contributed by atoms with van der Waals surface area (Å²) in [5.74, 6) is -0.509. The highest BCUT2D eigenvalue weighted by Gasteiger charge is 2.31. The van der Waals surface area contributed by atoms with Crippen molar-refractivity contribution in [1.82, 2.24) is 0 Å². The van der Waals surface area contributed by atoms with E-state index in [1.165, 1.54) is 0 Å². The molecule has 3 atom stereocenters. The number of carbonyl (C=O) groups is 1. The van der Waals surface area contributed by atoms with Crippen LogP contribution in [0.1, 0.15) is 21.6 Å². The third-order valence-electron chi connectivity index (χ3n) is 1.96. The van der Waals surface area contributed by atoms with Crippen molar-refractivity contribution in [3.05, 3.63) is 0 Å². The minimum absolute atomic E-state index is 0.195. The molecule has 1 N–H and O–H groups in total. The molecule has 0 aromatic heterocycles. The van der Waals surface area contributed by atoms with Gasteiger partial charge in [0.1, 0.15) is 12.2 Å². The monoisotopic (exact) mass is 189 g/mol. The number of esters is 1. The summed E-state index contributed by atoms with van der Waals surface area (Å²) in [6.07, 6.45) is -0.617. The normalized spacial score (nSPS) is 31.5. The zero-order valence-electron chi connectivity index (χ0n) is 8.90. The molecule has 0 aromatic carbocycles. The van der Waals surface area contributed by atoms with E-state index in [4.69, 9.17) is 16.0 Å². The first-order chi connectivity index (χ1) is 6.52. The van der Waals surface area contributed by atoms with Gasteiger partial charge < -0.3 is 14.6 Å². The Kier molecular flexibility index (Phi) is 3.16. The van der Waals surface area contributed by atoms with E-state index in [2.05, 4.69) is 0 Å². The van der Waals surface area contributed by atoms with Gasteiger partial charge in [0, 0.05) is 6.42 Å². The summed E-state index contributed by atoms with van der Waals surface area (Å²) < 4.78 is 17.3. The lowest BCUT2D eigenvalue weighted by Crippen LogP contribution is -2.31. The zero-order chi connectivity index (χ0) is 10.7. The molecule has 4 nitrogen and oxygen atoms in total. The predicted molar refractivity (Wildman–Crippen MR) is 46.2 cm³/mol. The lowest BCUT2D eigenvalue weighted by atomic mass is 10.2. The molecule has 0 radical (unpaired) electrons. The van der Waals surface area contributed by atoms with E-state index in [1.54, 1.807) is 13.8 Å². The van der Waals surface area contributed by atoms with Gasteiger partial charge >= 0.3 is 5.97 Å². The molecule has 1 aliphatic heterocycles. The molecule has 2 unspecified atom stereocenters. The molecule has 0 amide bonds. The second kappa shape index (κ2) is 4.58. The van der Waals surface area contributed by atoms with Crippen molar-refractivity contribution in [1.29, 1.82) is 0 Å². The largest absolute Gasteiger partial charge is 0.459 e. The molecule has 1 fully saturated rings. The van der Waals surface area contributed by atoms with Crippen LogP contribution in [0.4, 0.5) is 0 Å². The van der Waals surface area contributed by atoms with Gasteiger partial charge in [0.05, 0.1) is 20.5 Å². The molecule has 0 aromatic rings. The Morgan fingerprint density at radius 1 is 1.85 bits per heavy atom. The van der Waals surface area contributed by atoms with Gasteiger partial charge in [-0.2, -0.15) is 0 Å². The fourth-order valence-corrected chi connectivity index (χ4v) is 1.14. The highest BCUT2D eigenvalue weighted by molar-refractivity contribution is 5.71. The molecule has 1 heterocycles. The second-order valence-electron chi connectivity index (χ2n) is 3.40. The molecule has 76 valence electrons. The zero-order valence-corrected chi connectivity index (χ0v) is 7.90. The average molecular weight is 189 g/mol. The summed E-state index contributed by atoms with van der Waals surface area (Å²) in [5, 5.41) is 9.02. The maximum Gasteiger partial charge on any atom is 0.308 e. The van der Waals surface area contributed by atoms with E-state index < -0.39 is 18.8 Å². The number of hydrogen-bond acceptors (Lipinski definition) is 4. The van der Waals surface area contributed by atoms with Gasteiger partial charge in [-0.25, -0.2) is 0 Å². The number of ether oxygens (including phenoxy) is 2. The summed E-state index contributed by atoms with van der Waals surface area (Å²) in [4.78, 5) is 11.2. The van der Waals surface area contributed by atoms with Crippen LogP contribution >= 0.6 is 0 Å².